The maximum Gasteiger partial charge on any atom is 0.238 e. The van der Waals surface area contributed by atoms with Crippen molar-refractivity contribution < 1.29 is 4.42 Å². The molecule has 8 heteroatoms. The number of rotatable bonds is 6. The highest BCUT2D eigenvalue weighted by Gasteiger charge is 2.25. The summed E-state index contributed by atoms with van der Waals surface area (Å²) >= 11 is 0. The summed E-state index contributed by atoms with van der Waals surface area (Å²) in [4.78, 5) is 21.1. The third-order valence-electron chi connectivity index (χ3n) is 12.9. The number of oxazole rings is 1. The van der Waals surface area contributed by atoms with Crippen molar-refractivity contribution in [3.05, 3.63) is 212 Å². The van der Waals surface area contributed by atoms with Crippen LogP contribution in [0.2, 0.25) is 0 Å². The predicted octanol–water partition coefficient (Wildman–Crippen LogP) is 14.3. The van der Waals surface area contributed by atoms with Gasteiger partial charge in [-0.2, -0.15) is 9.97 Å². The van der Waals surface area contributed by atoms with Gasteiger partial charge in [0.1, 0.15) is 5.52 Å². The van der Waals surface area contributed by atoms with Gasteiger partial charge in [0.15, 0.2) is 17.2 Å². The van der Waals surface area contributed by atoms with Crippen LogP contribution in [0.1, 0.15) is 0 Å². The summed E-state index contributed by atoms with van der Waals surface area (Å²) in [6.45, 7) is 0. The van der Waals surface area contributed by atoms with Crippen LogP contribution in [0, 0.1) is 0 Å². The monoisotopic (exact) mass is 845 g/mol. The number of nitrogens with zero attached hydrogens (tertiary/aromatic N) is 7. The summed E-state index contributed by atoms with van der Waals surface area (Å²) in [6, 6.07) is 73.9. The highest BCUT2D eigenvalue weighted by molar-refractivity contribution is 6.23. The van der Waals surface area contributed by atoms with Crippen LogP contribution in [0.25, 0.3) is 128 Å². The van der Waals surface area contributed by atoms with Crippen molar-refractivity contribution in [3.63, 3.8) is 0 Å². The van der Waals surface area contributed by atoms with Gasteiger partial charge < -0.3 is 13.6 Å². The highest BCUT2D eigenvalue weighted by atomic mass is 16.3. The van der Waals surface area contributed by atoms with E-state index in [1.807, 2.05) is 48.5 Å². The molecule has 0 saturated heterocycles. The van der Waals surface area contributed by atoms with E-state index in [-0.39, 0.29) is 0 Å². The Kier molecular flexibility index (Phi) is 7.81. The van der Waals surface area contributed by atoms with Crippen molar-refractivity contribution in [2.75, 3.05) is 0 Å². The van der Waals surface area contributed by atoms with E-state index in [1.165, 1.54) is 16.2 Å². The predicted molar refractivity (Wildman–Crippen MR) is 267 cm³/mol. The molecule has 0 aliphatic heterocycles. The molecule has 0 fully saturated rings. The standard InChI is InChI=1S/C58H35N7O/c1-3-16-37(17-4-1)57-59-47-25-15-24-46(54(47)66-57)56-60-55(36-30-32-39(33-31-36)63-48-26-11-7-20-40(48)41-21-8-12-27-49(41)63)61-58(62-56)65-51-29-14-10-23-43(51)45-35-34-44-42-22-9-13-28-50(42)64(52(44)53(45)65)38-18-5-2-6-19-38/h1-35H. The second kappa shape index (κ2) is 14.2. The number of para-hydroxylation sites is 6. The zero-order valence-electron chi connectivity index (χ0n) is 35.2. The Morgan fingerprint density at radius 2 is 0.818 bits per heavy atom. The summed E-state index contributed by atoms with van der Waals surface area (Å²) in [5.74, 6) is 2.03. The fourth-order valence-corrected chi connectivity index (χ4v) is 10.1. The quantitative estimate of drug-likeness (QED) is 0.167. The molecule has 9 aromatic carbocycles. The van der Waals surface area contributed by atoms with E-state index in [2.05, 4.69) is 177 Å². The van der Waals surface area contributed by atoms with Crippen molar-refractivity contribution in [2.45, 2.75) is 0 Å². The van der Waals surface area contributed by atoms with Gasteiger partial charge in [0.2, 0.25) is 11.8 Å². The molecule has 0 unspecified atom stereocenters. The van der Waals surface area contributed by atoms with Gasteiger partial charge in [-0.1, -0.05) is 127 Å². The average molecular weight is 846 g/mol. The number of hydrogen-bond acceptors (Lipinski definition) is 5. The average Bonchev–Trinajstić information content (AvgIpc) is 4.15. The first-order valence-electron chi connectivity index (χ1n) is 22.1. The van der Waals surface area contributed by atoms with Crippen molar-refractivity contribution >= 4 is 76.5 Å². The molecular weight excluding hydrogens is 811 g/mol. The minimum Gasteiger partial charge on any atom is -0.435 e. The molecule has 14 aromatic rings. The van der Waals surface area contributed by atoms with Crippen LogP contribution in [0.4, 0.5) is 0 Å². The molecule has 0 radical (unpaired) electrons. The lowest BCUT2D eigenvalue weighted by molar-refractivity contribution is 0.620. The van der Waals surface area contributed by atoms with E-state index < -0.39 is 0 Å². The molecule has 0 aliphatic carbocycles. The van der Waals surface area contributed by atoms with Crippen LogP contribution in [0.15, 0.2) is 217 Å². The number of fused-ring (bicyclic) bond motifs is 11. The molecule has 8 nitrogen and oxygen atoms in total. The van der Waals surface area contributed by atoms with Crippen molar-refractivity contribution in [1.82, 2.24) is 33.6 Å². The molecule has 308 valence electrons. The molecule has 0 bridgehead atoms. The fourth-order valence-electron chi connectivity index (χ4n) is 10.1. The van der Waals surface area contributed by atoms with Gasteiger partial charge in [-0.15, -0.1) is 0 Å². The molecule has 66 heavy (non-hydrogen) atoms. The Hall–Kier alpha value is -9.14. The fraction of sp³-hybridized carbons (Fsp3) is 0. The molecule has 0 N–H and O–H groups in total. The molecular formula is C58H35N7O. The molecule has 0 amide bonds. The smallest absolute Gasteiger partial charge is 0.238 e. The third-order valence-corrected chi connectivity index (χ3v) is 12.9. The normalized spacial score (nSPS) is 11.9. The highest BCUT2D eigenvalue weighted by Crippen LogP contribution is 2.42. The van der Waals surface area contributed by atoms with E-state index in [9.17, 15) is 0 Å². The van der Waals surface area contributed by atoms with Gasteiger partial charge >= 0.3 is 0 Å². The summed E-state index contributed by atoms with van der Waals surface area (Å²) in [5, 5.41) is 6.94. The van der Waals surface area contributed by atoms with Gasteiger partial charge in [-0.25, -0.2) is 9.97 Å². The Balaban J connectivity index is 1.05. The largest absolute Gasteiger partial charge is 0.435 e. The molecule has 5 aromatic heterocycles. The van der Waals surface area contributed by atoms with Gasteiger partial charge in [0.25, 0.3) is 0 Å². The van der Waals surface area contributed by atoms with Gasteiger partial charge in [0.05, 0.1) is 38.7 Å². The SMILES string of the molecule is c1ccc(-c2nc3cccc(-c4nc(-c5ccc(-n6c7ccccc7c7ccccc76)cc5)nc(-n5c6ccccc6c6ccc7c8ccccc8n(-c8ccccc8)c7c65)n4)c3o2)cc1. The summed E-state index contributed by atoms with van der Waals surface area (Å²) in [6.07, 6.45) is 0. The zero-order valence-corrected chi connectivity index (χ0v) is 35.2. The lowest BCUT2D eigenvalue weighted by atomic mass is 10.1. The van der Waals surface area contributed by atoms with E-state index in [0.29, 0.717) is 29.1 Å². The van der Waals surface area contributed by atoms with Crippen LogP contribution >= 0.6 is 0 Å². The Bertz CT molecular complexity index is 4170. The molecule has 0 saturated carbocycles. The van der Waals surface area contributed by atoms with Crippen LogP contribution in [0.5, 0.6) is 0 Å². The number of benzene rings is 9. The van der Waals surface area contributed by atoms with Crippen molar-refractivity contribution in [2.24, 2.45) is 0 Å². The second-order valence-corrected chi connectivity index (χ2v) is 16.6. The Morgan fingerprint density at radius 3 is 1.45 bits per heavy atom. The Morgan fingerprint density at radius 1 is 0.318 bits per heavy atom. The Labute approximate surface area is 376 Å². The van der Waals surface area contributed by atoms with Gasteiger partial charge in [-0.3, -0.25) is 4.57 Å². The van der Waals surface area contributed by atoms with Crippen LogP contribution < -0.4 is 0 Å². The molecule has 0 spiro atoms. The zero-order chi connectivity index (χ0) is 43.3. The summed E-state index contributed by atoms with van der Waals surface area (Å²) in [5.41, 5.74) is 12.4. The molecule has 0 aliphatic rings. The maximum absolute atomic E-state index is 6.62. The first-order valence-corrected chi connectivity index (χ1v) is 22.1. The van der Waals surface area contributed by atoms with E-state index in [4.69, 9.17) is 24.4 Å². The summed E-state index contributed by atoms with van der Waals surface area (Å²) < 4.78 is 13.5. The minimum atomic E-state index is 0.476. The lowest BCUT2D eigenvalue weighted by Crippen LogP contribution is -2.07. The first kappa shape index (κ1) is 36.4. The maximum atomic E-state index is 6.62. The van der Waals surface area contributed by atoms with Crippen LogP contribution in [-0.2, 0) is 0 Å². The van der Waals surface area contributed by atoms with Gasteiger partial charge in [-0.05, 0) is 84.9 Å². The minimum absolute atomic E-state index is 0.476. The van der Waals surface area contributed by atoms with Crippen molar-refractivity contribution in [1.29, 1.82) is 0 Å². The topological polar surface area (TPSA) is 79.5 Å². The van der Waals surface area contributed by atoms with Crippen LogP contribution in [-0.4, -0.2) is 33.6 Å². The van der Waals surface area contributed by atoms with Gasteiger partial charge in [0, 0.05) is 54.8 Å². The first-order chi connectivity index (χ1) is 32.7. The molecule has 0 atom stereocenters. The van der Waals surface area contributed by atoms with E-state index in [1.54, 1.807) is 0 Å². The lowest BCUT2D eigenvalue weighted by Gasteiger charge is -2.13. The molecule has 14 rings (SSSR count). The van der Waals surface area contributed by atoms with E-state index in [0.717, 1.165) is 82.8 Å². The number of hydrogen-bond donors (Lipinski definition) is 0. The molecule has 5 heterocycles. The third kappa shape index (κ3) is 5.39. The second-order valence-electron chi connectivity index (χ2n) is 16.6. The van der Waals surface area contributed by atoms with Crippen molar-refractivity contribution in [3.8, 4) is 51.6 Å². The van der Waals surface area contributed by atoms with Crippen LogP contribution in [0.3, 0.4) is 0 Å². The summed E-state index contributed by atoms with van der Waals surface area (Å²) in [7, 11) is 0. The van der Waals surface area contributed by atoms with E-state index >= 15 is 0 Å². The number of aromatic nitrogens is 7.